The summed E-state index contributed by atoms with van der Waals surface area (Å²) in [5.74, 6) is 1.28. The Morgan fingerprint density at radius 3 is 2.64 bits per heavy atom. The highest BCUT2D eigenvalue weighted by atomic mass is 79.9. The van der Waals surface area contributed by atoms with Gasteiger partial charge in [0.15, 0.2) is 23.9 Å². The summed E-state index contributed by atoms with van der Waals surface area (Å²) in [6.07, 6.45) is 1.53. The molecule has 1 saturated heterocycles. The number of hydrogen-bond acceptors (Lipinski definition) is 8. The molecule has 0 bridgehead atoms. The van der Waals surface area contributed by atoms with Crippen LogP contribution in [0.15, 0.2) is 82.3 Å². The van der Waals surface area contributed by atoms with Crippen molar-refractivity contribution in [1.29, 1.82) is 0 Å². The predicted octanol–water partition coefficient (Wildman–Crippen LogP) is 6.62. The Hall–Kier alpha value is -3.52. The number of para-hydroxylation sites is 1. The largest absolute Gasteiger partial charge is 0.490 e. The van der Waals surface area contributed by atoms with Gasteiger partial charge >= 0.3 is 0 Å². The topological polar surface area (TPSA) is 108 Å². The molecule has 13 heteroatoms. The van der Waals surface area contributed by atoms with Gasteiger partial charge in [0.25, 0.3) is 11.5 Å². The van der Waals surface area contributed by atoms with Crippen LogP contribution in [0.4, 0.5) is 0 Å². The Labute approximate surface area is 277 Å². The monoisotopic (exact) mass is 786 g/mol. The summed E-state index contributed by atoms with van der Waals surface area (Å²) >= 11 is 10.7. The standard InChI is InChI=1S/C31H25Br3N4O6/c1-2-42-24-15-19(27(33)28(34)29(24)43-17-26(39)37-9-11-41-12-10-37)16-35-38-30(36-22-6-4-3-5-21(22)31(38)40)25-14-18-13-20(32)7-8-23(18)44-25/h3-8,13-16H,2,9-12,17H2,1H3. The zero-order valence-electron chi connectivity index (χ0n) is 23.4. The van der Waals surface area contributed by atoms with E-state index in [0.717, 1.165) is 9.86 Å². The lowest BCUT2D eigenvalue weighted by Gasteiger charge is -2.27. The van der Waals surface area contributed by atoms with Gasteiger partial charge in [0, 0.05) is 33.0 Å². The second kappa shape index (κ2) is 13.2. The van der Waals surface area contributed by atoms with Gasteiger partial charge in [0.2, 0.25) is 5.82 Å². The van der Waals surface area contributed by atoms with Crippen LogP contribution in [0, 0.1) is 0 Å². The molecule has 1 aliphatic rings. The minimum atomic E-state index is -0.356. The van der Waals surface area contributed by atoms with Gasteiger partial charge in [0.05, 0.1) is 41.4 Å². The van der Waals surface area contributed by atoms with Crippen LogP contribution in [-0.4, -0.2) is 66.2 Å². The van der Waals surface area contributed by atoms with Crippen molar-refractivity contribution in [2.24, 2.45) is 5.10 Å². The Bertz CT molecular complexity index is 1970. The average Bonchev–Trinajstić information content (AvgIpc) is 3.46. The number of carbonyl (C=O) groups is 1. The Balaban J connectivity index is 1.39. The fourth-order valence-electron chi connectivity index (χ4n) is 4.77. The lowest BCUT2D eigenvalue weighted by Crippen LogP contribution is -2.43. The third-order valence-electron chi connectivity index (χ3n) is 6.92. The Morgan fingerprint density at radius 2 is 1.84 bits per heavy atom. The number of furan rings is 1. The molecule has 1 amide bonds. The molecule has 6 rings (SSSR count). The number of hydrogen-bond donors (Lipinski definition) is 0. The van der Waals surface area contributed by atoms with Crippen molar-refractivity contribution in [2.45, 2.75) is 6.92 Å². The van der Waals surface area contributed by atoms with Crippen molar-refractivity contribution < 1.29 is 23.4 Å². The van der Waals surface area contributed by atoms with Crippen LogP contribution in [0.25, 0.3) is 33.5 Å². The van der Waals surface area contributed by atoms with E-state index in [4.69, 9.17) is 23.6 Å². The van der Waals surface area contributed by atoms with Gasteiger partial charge in [-0.2, -0.15) is 9.78 Å². The SMILES string of the molecule is CCOc1cc(C=Nn2c(-c3cc4cc(Br)ccc4o3)nc3ccccc3c2=O)c(Br)c(Br)c1OCC(=O)N1CCOCC1. The summed E-state index contributed by atoms with van der Waals surface area (Å²) in [4.78, 5) is 32.9. The molecule has 44 heavy (non-hydrogen) atoms. The number of nitrogens with zero attached hydrogens (tertiary/aromatic N) is 4. The molecule has 0 N–H and O–H groups in total. The van der Waals surface area contributed by atoms with Crippen LogP contribution >= 0.6 is 47.8 Å². The quantitative estimate of drug-likeness (QED) is 0.163. The fourth-order valence-corrected chi connectivity index (χ4v) is 6.08. The van der Waals surface area contributed by atoms with Gasteiger partial charge in [-0.25, -0.2) is 4.98 Å². The number of amides is 1. The average molecular weight is 789 g/mol. The summed E-state index contributed by atoms with van der Waals surface area (Å²) in [5, 5.41) is 5.85. The van der Waals surface area contributed by atoms with Gasteiger partial charge in [0.1, 0.15) is 5.58 Å². The maximum absolute atomic E-state index is 13.7. The van der Waals surface area contributed by atoms with Gasteiger partial charge < -0.3 is 23.5 Å². The number of rotatable bonds is 8. The lowest BCUT2D eigenvalue weighted by atomic mass is 10.2. The van der Waals surface area contributed by atoms with Crippen LogP contribution in [0.5, 0.6) is 11.5 Å². The zero-order valence-corrected chi connectivity index (χ0v) is 28.1. The summed E-state index contributed by atoms with van der Waals surface area (Å²) in [5.41, 5.74) is 1.41. The van der Waals surface area contributed by atoms with E-state index in [-0.39, 0.29) is 23.9 Å². The van der Waals surface area contributed by atoms with Crippen molar-refractivity contribution in [3.63, 3.8) is 0 Å². The zero-order chi connectivity index (χ0) is 30.8. The summed E-state index contributed by atoms with van der Waals surface area (Å²) < 4.78 is 26.5. The molecule has 3 aromatic carbocycles. The third kappa shape index (κ3) is 6.19. The van der Waals surface area contributed by atoms with E-state index < -0.39 is 0 Å². The van der Waals surface area contributed by atoms with Gasteiger partial charge in [-0.05, 0) is 81.2 Å². The molecule has 0 atom stereocenters. The first-order valence-electron chi connectivity index (χ1n) is 13.7. The first-order chi connectivity index (χ1) is 21.3. The van der Waals surface area contributed by atoms with Crippen LogP contribution in [0.1, 0.15) is 12.5 Å². The molecule has 0 spiro atoms. The van der Waals surface area contributed by atoms with Crippen LogP contribution < -0.4 is 15.0 Å². The Morgan fingerprint density at radius 1 is 1.05 bits per heavy atom. The molecule has 1 aliphatic heterocycles. The van der Waals surface area contributed by atoms with E-state index in [1.54, 1.807) is 29.2 Å². The number of halogens is 3. The number of ether oxygens (including phenoxy) is 3. The van der Waals surface area contributed by atoms with E-state index in [2.05, 4.69) is 52.9 Å². The molecular weight excluding hydrogens is 764 g/mol. The van der Waals surface area contributed by atoms with Crippen LogP contribution in [0.2, 0.25) is 0 Å². The molecule has 3 heterocycles. The normalized spacial score (nSPS) is 13.7. The van der Waals surface area contributed by atoms with Gasteiger partial charge in [-0.3, -0.25) is 9.59 Å². The van der Waals surface area contributed by atoms with Crippen molar-refractivity contribution in [2.75, 3.05) is 39.5 Å². The van der Waals surface area contributed by atoms with Crippen LogP contribution in [-0.2, 0) is 9.53 Å². The lowest BCUT2D eigenvalue weighted by molar-refractivity contribution is -0.137. The van der Waals surface area contributed by atoms with E-state index in [1.165, 1.54) is 10.9 Å². The highest BCUT2D eigenvalue weighted by molar-refractivity contribution is 9.13. The minimum absolute atomic E-state index is 0.141. The van der Waals surface area contributed by atoms with Crippen molar-refractivity contribution in [3.05, 3.63) is 83.9 Å². The molecule has 0 saturated carbocycles. The number of aromatic nitrogens is 2. The third-order valence-corrected chi connectivity index (χ3v) is 9.56. The van der Waals surface area contributed by atoms with Crippen LogP contribution in [0.3, 0.4) is 0 Å². The second-order valence-electron chi connectivity index (χ2n) is 9.74. The van der Waals surface area contributed by atoms with Crippen molar-refractivity contribution in [1.82, 2.24) is 14.6 Å². The number of benzene rings is 3. The smallest absolute Gasteiger partial charge is 0.282 e. The van der Waals surface area contributed by atoms with Gasteiger partial charge in [-0.1, -0.05) is 28.1 Å². The molecule has 2 aromatic heterocycles. The summed E-state index contributed by atoms with van der Waals surface area (Å²) in [6.45, 7) is 4.11. The molecule has 1 fully saturated rings. The summed E-state index contributed by atoms with van der Waals surface area (Å²) in [6, 6.07) is 16.3. The van der Waals surface area contributed by atoms with Crippen molar-refractivity contribution in [3.8, 4) is 23.1 Å². The highest BCUT2D eigenvalue weighted by Gasteiger charge is 2.22. The highest BCUT2D eigenvalue weighted by Crippen LogP contribution is 2.42. The predicted molar refractivity (Wildman–Crippen MR) is 178 cm³/mol. The number of morpholine rings is 1. The molecule has 5 aromatic rings. The molecule has 0 radical (unpaired) electrons. The molecule has 226 valence electrons. The first-order valence-corrected chi connectivity index (χ1v) is 16.1. The Kier molecular flexibility index (Phi) is 9.17. The minimum Gasteiger partial charge on any atom is -0.490 e. The van der Waals surface area contributed by atoms with Gasteiger partial charge in [-0.15, -0.1) is 0 Å². The molecular formula is C31H25Br3N4O6. The van der Waals surface area contributed by atoms with Crippen molar-refractivity contribution >= 4 is 81.8 Å². The summed E-state index contributed by atoms with van der Waals surface area (Å²) in [7, 11) is 0. The van der Waals surface area contributed by atoms with E-state index >= 15 is 0 Å². The maximum atomic E-state index is 13.7. The van der Waals surface area contributed by atoms with E-state index in [1.807, 2.05) is 37.3 Å². The van der Waals surface area contributed by atoms with E-state index in [9.17, 15) is 9.59 Å². The molecule has 10 nitrogen and oxygen atoms in total. The maximum Gasteiger partial charge on any atom is 0.282 e. The number of fused-ring (bicyclic) bond motifs is 2. The van der Waals surface area contributed by atoms with E-state index in [0.29, 0.717) is 81.2 Å². The molecule has 0 aliphatic carbocycles. The number of carbonyl (C=O) groups excluding carboxylic acids is 1. The molecule has 0 unspecified atom stereocenters. The fraction of sp³-hybridized carbons (Fsp3) is 0.226. The first kappa shape index (κ1) is 30.5. The second-order valence-corrected chi connectivity index (χ2v) is 12.2.